The van der Waals surface area contributed by atoms with Crippen LogP contribution in [0.15, 0.2) is 24.3 Å². The zero-order chi connectivity index (χ0) is 12.4. The van der Waals surface area contributed by atoms with Gasteiger partial charge in [-0.2, -0.15) is 0 Å². The van der Waals surface area contributed by atoms with Crippen LogP contribution in [0.3, 0.4) is 0 Å². The molecule has 7 heteroatoms. The molecule has 0 aliphatic heterocycles. The van der Waals surface area contributed by atoms with E-state index < -0.39 is 0 Å². The lowest BCUT2D eigenvalue weighted by Crippen LogP contribution is -2.14. The number of carbonyl (C=O) groups excluding carboxylic acids is 1. The second-order valence-corrected chi connectivity index (χ2v) is 4.20. The molecule has 88 valence electrons. The van der Waals surface area contributed by atoms with E-state index in [9.17, 15) is 4.79 Å². The molecule has 1 heterocycles. The molecule has 1 aromatic heterocycles. The van der Waals surface area contributed by atoms with Crippen LogP contribution in [0, 0.1) is 4.77 Å². The highest BCUT2D eigenvalue weighted by Crippen LogP contribution is 2.11. The summed E-state index contributed by atoms with van der Waals surface area (Å²) in [6, 6.07) is 6.58. The molecule has 0 atom stereocenters. The summed E-state index contributed by atoms with van der Waals surface area (Å²) < 4.78 is 2.01. The minimum absolute atomic E-state index is 0.265. The molecule has 0 spiro atoms. The Morgan fingerprint density at radius 3 is 2.65 bits per heavy atom. The van der Waals surface area contributed by atoms with E-state index in [1.165, 1.54) is 0 Å². The molecule has 2 rings (SSSR count). The van der Waals surface area contributed by atoms with Crippen molar-refractivity contribution >= 4 is 35.7 Å². The topological polar surface area (TPSA) is 62.7 Å². The Kier molecular flexibility index (Phi) is 3.26. The average molecular weight is 269 g/mol. The Bertz CT molecular complexity index is 602. The molecule has 5 nitrogen and oxygen atoms in total. The van der Waals surface area contributed by atoms with Crippen molar-refractivity contribution in [1.29, 1.82) is 0 Å². The standard InChI is InChI=1S/C10H9ClN4OS/c1-15-9(13-14-10(15)17)12-8(16)6-2-4-7(11)5-3-6/h2-5H,1H3,(H,14,17)(H,12,13,16). The smallest absolute Gasteiger partial charge is 0.258 e. The molecule has 0 unspecified atom stereocenters. The van der Waals surface area contributed by atoms with Crippen molar-refractivity contribution in [2.75, 3.05) is 5.32 Å². The summed E-state index contributed by atoms with van der Waals surface area (Å²) in [6.07, 6.45) is 0. The van der Waals surface area contributed by atoms with E-state index in [0.29, 0.717) is 21.3 Å². The summed E-state index contributed by atoms with van der Waals surface area (Å²) >= 11 is 10.7. The van der Waals surface area contributed by atoms with Crippen molar-refractivity contribution in [2.24, 2.45) is 7.05 Å². The normalized spacial score (nSPS) is 10.2. The van der Waals surface area contributed by atoms with Gasteiger partial charge in [0.25, 0.3) is 5.91 Å². The second-order valence-electron chi connectivity index (χ2n) is 3.37. The molecular formula is C10H9ClN4OS. The zero-order valence-corrected chi connectivity index (χ0v) is 10.5. The van der Waals surface area contributed by atoms with Gasteiger partial charge in [0.2, 0.25) is 5.95 Å². The van der Waals surface area contributed by atoms with Gasteiger partial charge in [0, 0.05) is 17.6 Å². The first-order valence-electron chi connectivity index (χ1n) is 4.76. The fourth-order valence-electron chi connectivity index (χ4n) is 1.23. The average Bonchev–Trinajstić information content (AvgIpc) is 2.62. The predicted octanol–water partition coefficient (Wildman–Crippen LogP) is 2.38. The zero-order valence-electron chi connectivity index (χ0n) is 8.90. The third-order valence-corrected chi connectivity index (χ3v) is 2.83. The summed E-state index contributed by atoms with van der Waals surface area (Å²) in [7, 11) is 1.71. The van der Waals surface area contributed by atoms with Gasteiger partial charge in [-0.3, -0.25) is 14.7 Å². The molecule has 0 saturated carbocycles. The van der Waals surface area contributed by atoms with Crippen molar-refractivity contribution in [3.8, 4) is 0 Å². The molecule has 2 N–H and O–H groups in total. The van der Waals surface area contributed by atoms with Gasteiger partial charge in [-0.05, 0) is 36.5 Å². The molecule has 17 heavy (non-hydrogen) atoms. The highest BCUT2D eigenvalue weighted by atomic mass is 35.5. The maximum Gasteiger partial charge on any atom is 0.258 e. The lowest BCUT2D eigenvalue weighted by molar-refractivity contribution is 0.102. The van der Waals surface area contributed by atoms with Crippen LogP contribution in [0.1, 0.15) is 10.4 Å². The number of aromatic nitrogens is 3. The Balaban J connectivity index is 2.20. The number of hydrogen-bond donors (Lipinski definition) is 2. The number of rotatable bonds is 2. The van der Waals surface area contributed by atoms with Crippen LogP contribution in [-0.4, -0.2) is 20.7 Å². The summed E-state index contributed by atoms with van der Waals surface area (Å²) in [5.74, 6) is 0.105. The highest BCUT2D eigenvalue weighted by molar-refractivity contribution is 7.71. The highest BCUT2D eigenvalue weighted by Gasteiger charge is 2.09. The predicted molar refractivity (Wildman–Crippen MR) is 67.8 cm³/mol. The Labute approximate surface area is 107 Å². The van der Waals surface area contributed by atoms with Gasteiger partial charge in [-0.15, -0.1) is 5.10 Å². The number of aromatic amines is 1. The lowest BCUT2D eigenvalue weighted by Gasteiger charge is -2.03. The fraction of sp³-hybridized carbons (Fsp3) is 0.100. The van der Waals surface area contributed by atoms with Crippen molar-refractivity contribution in [3.63, 3.8) is 0 Å². The van der Waals surface area contributed by atoms with Crippen LogP contribution in [0.4, 0.5) is 5.95 Å². The van der Waals surface area contributed by atoms with Crippen LogP contribution in [0.25, 0.3) is 0 Å². The third-order valence-electron chi connectivity index (χ3n) is 2.21. The number of halogens is 1. The Hall–Kier alpha value is -1.66. The van der Waals surface area contributed by atoms with E-state index in [0.717, 1.165) is 0 Å². The van der Waals surface area contributed by atoms with Crippen LogP contribution in [0.2, 0.25) is 5.02 Å². The minimum atomic E-state index is -0.265. The van der Waals surface area contributed by atoms with Gasteiger partial charge < -0.3 is 0 Å². The van der Waals surface area contributed by atoms with E-state index in [1.54, 1.807) is 35.9 Å². The lowest BCUT2D eigenvalue weighted by atomic mass is 10.2. The van der Waals surface area contributed by atoms with Gasteiger partial charge in [-0.25, -0.2) is 5.10 Å². The fourth-order valence-corrected chi connectivity index (χ4v) is 1.49. The van der Waals surface area contributed by atoms with Gasteiger partial charge in [0.05, 0.1) is 0 Å². The van der Waals surface area contributed by atoms with E-state index in [4.69, 9.17) is 23.8 Å². The number of carbonyl (C=O) groups is 1. The SMILES string of the molecule is Cn1c(NC(=O)c2ccc(Cl)cc2)n[nH]c1=S. The van der Waals surface area contributed by atoms with Crippen molar-refractivity contribution in [1.82, 2.24) is 14.8 Å². The number of anilines is 1. The maximum absolute atomic E-state index is 11.8. The molecule has 0 bridgehead atoms. The van der Waals surface area contributed by atoms with E-state index >= 15 is 0 Å². The van der Waals surface area contributed by atoms with Gasteiger partial charge in [0.1, 0.15) is 0 Å². The number of nitrogens with one attached hydrogen (secondary N) is 2. The Morgan fingerprint density at radius 2 is 2.12 bits per heavy atom. The van der Waals surface area contributed by atoms with E-state index in [2.05, 4.69) is 15.5 Å². The summed E-state index contributed by atoms with van der Waals surface area (Å²) in [5.41, 5.74) is 0.503. The first-order valence-corrected chi connectivity index (χ1v) is 5.55. The monoisotopic (exact) mass is 268 g/mol. The molecule has 0 aliphatic carbocycles. The number of amides is 1. The summed E-state index contributed by atoms with van der Waals surface area (Å²) in [4.78, 5) is 11.8. The van der Waals surface area contributed by atoms with Crippen LogP contribution in [-0.2, 0) is 7.05 Å². The van der Waals surface area contributed by atoms with Crippen LogP contribution in [0.5, 0.6) is 0 Å². The summed E-state index contributed by atoms with van der Waals surface area (Å²) in [6.45, 7) is 0. The van der Waals surface area contributed by atoms with E-state index in [-0.39, 0.29) is 5.91 Å². The first kappa shape index (κ1) is 11.8. The summed E-state index contributed by atoms with van der Waals surface area (Å²) in [5, 5.41) is 9.69. The number of H-pyrrole nitrogens is 1. The molecule has 0 aliphatic rings. The molecule has 0 radical (unpaired) electrons. The first-order chi connectivity index (χ1) is 8.08. The molecule has 0 fully saturated rings. The molecular weight excluding hydrogens is 260 g/mol. The minimum Gasteiger partial charge on any atom is -0.291 e. The van der Waals surface area contributed by atoms with Crippen LogP contribution >= 0.6 is 23.8 Å². The molecule has 0 saturated heterocycles. The quantitative estimate of drug-likeness (QED) is 0.822. The molecule has 2 aromatic rings. The van der Waals surface area contributed by atoms with Gasteiger partial charge >= 0.3 is 0 Å². The maximum atomic E-state index is 11.8. The molecule has 1 amide bonds. The van der Waals surface area contributed by atoms with Gasteiger partial charge in [-0.1, -0.05) is 11.6 Å². The largest absolute Gasteiger partial charge is 0.291 e. The van der Waals surface area contributed by atoms with Crippen molar-refractivity contribution in [2.45, 2.75) is 0 Å². The number of hydrogen-bond acceptors (Lipinski definition) is 3. The Morgan fingerprint density at radius 1 is 1.47 bits per heavy atom. The third kappa shape index (κ3) is 2.54. The van der Waals surface area contributed by atoms with Crippen molar-refractivity contribution in [3.05, 3.63) is 39.6 Å². The second kappa shape index (κ2) is 4.68. The van der Waals surface area contributed by atoms with E-state index in [1.807, 2.05) is 0 Å². The van der Waals surface area contributed by atoms with Crippen molar-refractivity contribution < 1.29 is 4.79 Å². The number of nitrogens with zero attached hydrogens (tertiary/aromatic N) is 2. The number of benzene rings is 1. The van der Waals surface area contributed by atoms with Crippen LogP contribution < -0.4 is 5.32 Å². The molecule has 1 aromatic carbocycles. The van der Waals surface area contributed by atoms with Gasteiger partial charge in [0.15, 0.2) is 4.77 Å².